The van der Waals surface area contributed by atoms with Gasteiger partial charge in [0.05, 0.1) is 11.5 Å². The Bertz CT molecular complexity index is 259. The van der Waals surface area contributed by atoms with Crippen LogP contribution in [0.1, 0.15) is 25.7 Å². The van der Waals surface area contributed by atoms with Crippen molar-refractivity contribution in [1.82, 2.24) is 4.90 Å². The molecule has 15 heavy (non-hydrogen) atoms. The second-order valence-corrected chi connectivity index (χ2v) is 6.50. The van der Waals surface area contributed by atoms with Crippen molar-refractivity contribution in [3.63, 3.8) is 0 Å². The molecular formula is C10H22N2O2S. The summed E-state index contributed by atoms with van der Waals surface area (Å²) in [6.45, 7) is 3.68. The molecular weight excluding hydrogens is 212 g/mol. The first-order chi connectivity index (χ1) is 7.14. The van der Waals surface area contributed by atoms with Gasteiger partial charge in [-0.1, -0.05) is 0 Å². The van der Waals surface area contributed by atoms with Crippen LogP contribution in [-0.2, 0) is 9.84 Å². The Morgan fingerprint density at radius 2 is 1.67 bits per heavy atom. The Labute approximate surface area is 92.7 Å². The number of nitrogens with zero attached hydrogens (tertiary/aromatic N) is 1. The standard InChI is InChI=1S/C10H22N2O2S/c11-5-3-9-15(13,14)10-4-8-12-6-1-2-7-12/h1-11H2. The second kappa shape index (κ2) is 6.45. The molecule has 0 aromatic carbocycles. The van der Waals surface area contributed by atoms with Gasteiger partial charge < -0.3 is 10.6 Å². The SMILES string of the molecule is NCCCS(=O)(=O)CCCN1CCCC1. The first-order valence-corrected chi connectivity index (χ1v) is 7.59. The largest absolute Gasteiger partial charge is 0.330 e. The average molecular weight is 234 g/mol. The summed E-state index contributed by atoms with van der Waals surface area (Å²) >= 11 is 0. The molecule has 1 fully saturated rings. The van der Waals surface area contributed by atoms with Crippen molar-refractivity contribution in [3.05, 3.63) is 0 Å². The normalized spacial score (nSPS) is 18.5. The Balaban J connectivity index is 2.12. The summed E-state index contributed by atoms with van der Waals surface area (Å²) < 4.78 is 23.0. The van der Waals surface area contributed by atoms with Gasteiger partial charge in [0.2, 0.25) is 0 Å². The van der Waals surface area contributed by atoms with Crippen molar-refractivity contribution in [2.24, 2.45) is 5.73 Å². The Morgan fingerprint density at radius 1 is 1.07 bits per heavy atom. The van der Waals surface area contributed by atoms with E-state index < -0.39 is 9.84 Å². The minimum atomic E-state index is -2.84. The Kier molecular flexibility index (Phi) is 5.56. The van der Waals surface area contributed by atoms with Crippen LogP contribution in [0.4, 0.5) is 0 Å². The molecule has 1 rings (SSSR count). The maximum absolute atomic E-state index is 11.5. The third kappa shape index (κ3) is 5.49. The average Bonchev–Trinajstić information content (AvgIpc) is 2.67. The van der Waals surface area contributed by atoms with Crippen LogP contribution >= 0.6 is 0 Å². The fraction of sp³-hybridized carbons (Fsp3) is 1.00. The molecule has 1 aliphatic rings. The molecule has 0 atom stereocenters. The molecule has 0 unspecified atom stereocenters. The quantitative estimate of drug-likeness (QED) is 0.685. The number of hydrogen-bond donors (Lipinski definition) is 1. The van der Waals surface area contributed by atoms with E-state index in [1.54, 1.807) is 0 Å². The molecule has 0 amide bonds. The molecule has 1 aliphatic heterocycles. The highest BCUT2D eigenvalue weighted by atomic mass is 32.2. The summed E-state index contributed by atoms with van der Waals surface area (Å²) in [5.74, 6) is 0.576. The number of likely N-dealkylation sites (tertiary alicyclic amines) is 1. The molecule has 0 spiro atoms. The van der Waals surface area contributed by atoms with Gasteiger partial charge in [-0.05, 0) is 51.9 Å². The maximum atomic E-state index is 11.5. The van der Waals surface area contributed by atoms with E-state index in [2.05, 4.69) is 4.90 Å². The number of hydrogen-bond acceptors (Lipinski definition) is 4. The zero-order valence-electron chi connectivity index (χ0n) is 9.32. The van der Waals surface area contributed by atoms with E-state index in [1.165, 1.54) is 12.8 Å². The fourth-order valence-corrected chi connectivity index (χ4v) is 3.30. The molecule has 0 aromatic heterocycles. The van der Waals surface area contributed by atoms with Crippen molar-refractivity contribution < 1.29 is 8.42 Å². The molecule has 5 heteroatoms. The van der Waals surface area contributed by atoms with Crippen LogP contribution in [0.15, 0.2) is 0 Å². The third-order valence-corrected chi connectivity index (χ3v) is 4.61. The molecule has 1 saturated heterocycles. The lowest BCUT2D eigenvalue weighted by Gasteiger charge is -2.13. The topological polar surface area (TPSA) is 63.4 Å². The lowest BCUT2D eigenvalue weighted by Crippen LogP contribution is -2.23. The van der Waals surface area contributed by atoms with E-state index in [9.17, 15) is 8.42 Å². The van der Waals surface area contributed by atoms with Crippen molar-refractivity contribution in [2.45, 2.75) is 25.7 Å². The summed E-state index contributed by atoms with van der Waals surface area (Å²) in [5, 5.41) is 0. The van der Waals surface area contributed by atoms with Gasteiger partial charge in [0, 0.05) is 0 Å². The van der Waals surface area contributed by atoms with E-state index in [0.717, 1.165) is 26.1 Å². The number of rotatable bonds is 7. The highest BCUT2D eigenvalue weighted by Gasteiger charge is 2.14. The van der Waals surface area contributed by atoms with Gasteiger partial charge in [-0.3, -0.25) is 0 Å². The van der Waals surface area contributed by atoms with Crippen LogP contribution in [0.5, 0.6) is 0 Å². The van der Waals surface area contributed by atoms with Crippen molar-refractivity contribution in [3.8, 4) is 0 Å². The number of sulfone groups is 1. The van der Waals surface area contributed by atoms with E-state index in [1.807, 2.05) is 0 Å². The molecule has 0 bridgehead atoms. The zero-order valence-corrected chi connectivity index (χ0v) is 10.1. The van der Waals surface area contributed by atoms with Crippen LogP contribution in [-0.4, -0.2) is 51.0 Å². The van der Waals surface area contributed by atoms with Crippen LogP contribution in [0.25, 0.3) is 0 Å². The molecule has 0 aromatic rings. The van der Waals surface area contributed by atoms with E-state index in [-0.39, 0.29) is 5.75 Å². The summed E-state index contributed by atoms with van der Waals surface area (Å²) in [5.41, 5.74) is 5.29. The molecule has 0 saturated carbocycles. The lowest BCUT2D eigenvalue weighted by molar-refractivity contribution is 0.340. The van der Waals surface area contributed by atoms with Gasteiger partial charge in [0.1, 0.15) is 9.84 Å². The van der Waals surface area contributed by atoms with Gasteiger partial charge in [-0.15, -0.1) is 0 Å². The maximum Gasteiger partial charge on any atom is 0.150 e. The minimum absolute atomic E-state index is 0.253. The summed E-state index contributed by atoms with van der Waals surface area (Å²) in [6, 6.07) is 0. The van der Waals surface area contributed by atoms with Gasteiger partial charge >= 0.3 is 0 Å². The molecule has 0 aliphatic carbocycles. The van der Waals surface area contributed by atoms with Crippen molar-refractivity contribution >= 4 is 9.84 Å². The van der Waals surface area contributed by atoms with Crippen LogP contribution in [0.2, 0.25) is 0 Å². The van der Waals surface area contributed by atoms with Crippen molar-refractivity contribution in [2.75, 3.05) is 37.7 Å². The van der Waals surface area contributed by atoms with Crippen molar-refractivity contribution in [1.29, 1.82) is 0 Å². The lowest BCUT2D eigenvalue weighted by atomic mass is 10.4. The summed E-state index contributed by atoms with van der Waals surface area (Å²) in [7, 11) is -2.84. The Hall–Kier alpha value is -0.130. The minimum Gasteiger partial charge on any atom is -0.330 e. The highest BCUT2D eigenvalue weighted by molar-refractivity contribution is 7.91. The summed E-state index contributed by atoms with van der Waals surface area (Å²) in [4.78, 5) is 2.35. The molecule has 2 N–H and O–H groups in total. The monoisotopic (exact) mass is 234 g/mol. The Morgan fingerprint density at radius 3 is 2.27 bits per heavy atom. The molecule has 1 heterocycles. The zero-order chi connectivity index (χ0) is 11.1. The number of nitrogens with two attached hydrogens (primary N) is 1. The van der Waals surface area contributed by atoms with Crippen LogP contribution in [0.3, 0.4) is 0 Å². The van der Waals surface area contributed by atoms with Gasteiger partial charge in [-0.25, -0.2) is 8.42 Å². The fourth-order valence-electron chi connectivity index (χ4n) is 1.92. The van der Waals surface area contributed by atoms with Crippen LogP contribution in [0, 0.1) is 0 Å². The van der Waals surface area contributed by atoms with Crippen LogP contribution < -0.4 is 5.73 Å². The van der Waals surface area contributed by atoms with Gasteiger partial charge in [0.25, 0.3) is 0 Å². The smallest absolute Gasteiger partial charge is 0.150 e. The van der Waals surface area contributed by atoms with Gasteiger partial charge in [-0.2, -0.15) is 0 Å². The first-order valence-electron chi connectivity index (χ1n) is 5.77. The van der Waals surface area contributed by atoms with E-state index >= 15 is 0 Å². The predicted molar refractivity (Wildman–Crippen MR) is 62.6 cm³/mol. The van der Waals surface area contributed by atoms with E-state index in [4.69, 9.17) is 5.73 Å². The second-order valence-electron chi connectivity index (χ2n) is 4.20. The summed E-state index contributed by atoms with van der Waals surface area (Å²) in [6.07, 6.45) is 3.89. The van der Waals surface area contributed by atoms with Gasteiger partial charge in [0.15, 0.2) is 0 Å². The molecule has 4 nitrogen and oxygen atoms in total. The molecule has 90 valence electrons. The third-order valence-electron chi connectivity index (χ3n) is 2.79. The first kappa shape index (κ1) is 12.9. The predicted octanol–water partition coefficient (Wildman–Crippen LogP) is 0.236. The highest BCUT2D eigenvalue weighted by Crippen LogP contribution is 2.08. The molecule has 0 radical (unpaired) electrons. The van der Waals surface area contributed by atoms with E-state index in [0.29, 0.717) is 18.7 Å².